The van der Waals surface area contributed by atoms with Crippen LogP contribution in [0.2, 0.25) is 0 Å². The van der Waals surface area contributed by atoms with Gasteiger partial charge in [-0.25, -0.2) is 4.39 Å². The van der Waals surface area contributed by atoms with Crippen LogP contribution in [0.5, 0.6) is 0 Å². The second kappa shape index (κ2) is 11.4. The van der Waals surface area contributed by atoms with Crippen LogP contribution in [0.25, 0.3) is 10.9 Å². The van der Waals surface area contributed by atoms with E-state index < -0.39 is 6.04 Å². The third-order valence-electron chi connectivity index (χ3n) is 7.23. The largest absolute Gasteiger partial charge is 0.361 e. The van der Waals surface area contributed by atoms with Crippen LogP contribution in [0.1, 0.15) is 54.8 Å². The maximum Gasteiger partial charge on any atom is 0.247 e. The Kier molecular flexibility index (Phi) is 7.64. The molecule has 0 saturated heterocycles. The first-order valence-corrected chi connectivity index (χ1v) is 13.0. The van der Waals surface area contributed by atoms with Crippen molar-refractivity contribution in [3.63, 3.8) is 0 Å². The number of amides is 2. The van der Waals surface area contributed by atoms with E-state index in [-0.39, 0.29) is 36.6 Å². The Balaban J connectivity index is 1.50. The number of nitrogens with zero attached hydrogens (tertiary/aromatic N) is 1. The highest BCUT2D eigenvalue weighted by molar-refractivity contribution is 5.92. The second-order valence-corrected chi connectivity index (χ2v) is 9.84. The minimum absolute atomic E-state index is 0.0893. The number of benzene rings is 3. The van der Waals surface area contributed by atoms with Crippen molar-refractivity contribution in [3.05, 3.63) is 108 Å². The molecular weight excluding hydrogens is 465 g/mol. The van der Waals surface area contributed by atoms with Crippen molar-refractivity contribution in [2.75, 3.05) is 0 Å². The molecule has 4 aromatic rings. The second-order valence-electron chi connectivity index (χ2n) is 9.84. The van der Waals surface area contributed by atoms with Crippen LogP contribution in [-0.2, 0) is 22.6 Å². The number of hydrogen-bond donors (Lipinski definition) is 2. The van der Waals surface area contributed by atoms with E-state index in [9.17, 15) is 14.0 Å². The number of fused-ring (bicyclic) bond motifs is 1. The average Bonchev–Trinajstić information content (AvgIpc) is 3.33. The van der Waals surface area contributed by atoms with Gasteiger partial charge in [0.25, 0.3) is 0 Å². The predicted octanol–water partition coefficient (Wildman–Crippen LogP) is 6.07. The van der Waals surface area contributed by atoms with E-state index >= 15 is 0 Å². The third-order valence-corrected chi connectivity index (χ3v) is 7.23. The minimum atomic E-state index is -0.875. The number of para-hydroxylation sites is 1. The van der Waals surface area contributed by atoms with Crippen LogP contribution in [0, 0.1) is 5.82 Å². The van der Waals surface area contributed by atoms with Crippen LogP contribution >= 0.6 is 0 Å². The lowest BCUT2D eigenvalue weighted by Crippen LogP contribution is -2.47. The van der Waals surface area contributed by atoms with Gasteiger partial charge in [0.05, 0.1) is 6.42 Å². The molecule has 0 radical (unpaired) electrons. The van der Waals surface area contributed by atoms with Crippen LogP contribution < -0.4 is 5.32 Å². The molecule has 2 N–H and O–H groups in total. The van der Waals surface area contributed by atoms with E-state index in [0.29, 0.717) is 5.56 Å². The molecule has 1 heterocycles. The predicted molar refractivity (Wildman–Crippen MR) is 143 cm³/mol. The van der Waals surface area contributed by atoms with Gasteiger partial charge in [-0.1, -0.05) is 79.9 Å². The number of H-pyrrole nitrogens is 1. The number of halogens is 1. The summed E-state index contributed by atoms with van der Waals surface area (Å²) in [5.41, 5.74) is 3.36. The van der Waals surface area contributed by atoms with E-state index in [1.54, 1.807) is 17.0 Å². The van der Waals surface area contributed by atoms with Gasteiger partial charge in [-0.05, 0) is 47.7 Å². The van der Waals surface area contributed by atoms with Crippen LogP contribution in [0.15, 0.2) is 85.1 Å². The summed E-state index contributed by atoms with van der Waals surface area (Å²) in [7, 11) is 0. The molecule has 0 unspecified atom stereocenters. The maximum atomic E-state index is 14.0. The van der Waals surface area contributed by atoms with Gasteiger partial charge in [0, 0.05) is 29.7 Å². The molecule has 1 aromatic heterocycles. The molecular formula is C31H32FN3O2. The minimum Gasteiger partial charge on any atom is -0.361 e. The fourth-order valence-corrected chi connectivity index (χ4v) is 5.29. The highest BCUT2D eigenvalue weighted by Crippen LogP contribution is 2.28. The van der Waals surface area contributed by atoms with Crippen molar-refractivity contribution in [3.8, 4) is 0 Å². The van der Waals surface area contributed by atoms with Crippen molar-refractivity contribution in [1.82, 2.24) is 15.2 Å². The molecule has 1 fully saturated rings. The summed E-state index contributed by atoms with van der Waals surface area (Å²) in [6.07, 6.45) is 7.22. The fourth-order valence-electron chi connectivity index (χ4n) is 5.29. The molecule has 5 nitrogen and oxygen atoms in total. The van der Waals surface area contributed by atoms with Crippen molar-refractivity contribution in [2.24, 2.45) is 0 Å². The lowest BCUT2D eigenvalue weighted by Gasteiger charge is -2.33. The highest BCUT2D eigenvalue weighted by atomic mass is 19.1. The van der Waals surface area contributed by atoms with E-state index in [0.717, 1.165) is 47.7 Å². The molecule has 1 aliphatic carbocycles. The summed E-state index contributed by atoms with van der Waals surface area (Å²) in [6, 6.07) is 22.7. The molecule has 3 aromatic carbocycles. The Morgan fingerprint density at radius 1 is 0.919 bits per heavy atom. The zero-order chi connectivity index (χ0) is 25.6. The van der Waals surface area contributed by atoms with Gasteiger partial charge in [0.1, 0.15) is 11.9 Å². The van der Waals surface area contributed by atoms with Crippen molar-refractivity contribution in [1.29, 1.82) is 0 Å². The number of nitrogens with one attached hydrogen (secondary N) is 2. The van der Waals surface area contributed by atoms with E-state index in [2.05, 4.69) is 10.3 Å². The lowest BCUT2D eigenvalue weighted by atomic mass is 9.94. The van der Waals surface area contributed by atoms with E-state index in [1.807, 2.05) is 60.8 Å². The van der Waals surface area contributed by atoms with Crippen molar-refractivity contribution in [2.45, 2.75) is 57.2 Å². The van der Waals surface area contributed by atoms with Gasteiger partial charge in [-0.15, -0.1) is 0 Å². The number of carbonyl (C=O) groups excluding carboxylic acids is 2. The molecule has 0 spiro atoms. The third kappa shape index (κ3) is 5.91. The zero-order valence-electron chi connectivity index (χ0n) is 20.8. The Bertz CT molecular complexity index is 1340. The SMILES string of the molecule is O=C(NC1CCCCC1)[C@@H](c1ccc(F)cc1)N(Cc1ccccc1)C(=O)Cc1c[nH]c2ccccc12. The van der Waals surface area contributed by atoms with E-state index in [4.69, 9.17) is 0 Å². The average molecular weight is 498 g/mol. The molecule has 1 atom stereocenters. The Morgan fingerprint density at radius 3 is 2.38 bits per heavy atom. The number of rotatable bonds is 8. The van der Waals surface area contributed by atoms with Crippen molar-refractivity contribution >= 4 is 22.7 Å². The Labute approximate surface area is 216 Å². The van der Waals surface area contributed by atoms with Crippen LogP contribution in [0.4, 0.5) is 4.39 Å². The van der Waals surface area contributed by atoms with Gasteiger partial charge in [-0.3, -0.25) is 9.59 Å². The maximum absolute atomic E-state index is 14.0. The Morgan fingerprint density at radius 2 is 1.62 bits per heavy atom. The summed E-state index contributed by atoms with van der Waals surface area (Å²) >= 11 is 0. The molecule has 2 amide bonds. The summed E-state index contributed by atoms with van der Waals surface area (Å²) in [6.45, 7) is 0.266. The van der Waals surface area contributed by atoms with Crippen LogP contribution in [-0.4, -0.2) is 27.7 Å². The normalized spacial score (nSPS) is 14.8. The highest BCUT2D eigenvalue weighted by Gasteiger charge is 2.33. The van der Waals surface area contributed by atoms with Gasteiger partial charge in [-0.2, -0.15) is 0 Å². The molecule has 1 aliphatic rings. The summed E-state index contributed by atoms with van der Waals surface area (Å²) in [5.74, 6) is -0.765. The fraction of sp³-hybridized carbons (Fsp3) is 0.290. The zero-order valence-corrected chi connectivity index (χ0v) is 20.8. The molecule has 37 heavy (non-hydrogen) atoms. The topological polar surface area (TPSA) is 65.2 Å². The first kappa shape index (κ1) is 24.8. The number of aromatic nitrogens is 1. The van der Waals surface area contributed by atoms with Crippen molar-refractivity contribution < 1.29 is 14.0 Å². The Hall–Kier alpha value is -3.93. The van der Waals surface area contributed by atoms with Gasteiger partial charge >= 0.3 is 0 Å². The smallest absolute Gasteiger partial charge is 0.247 e. The molecule has 190 valence electrons. The monoisotopic (exact) mass is 497 g/mol. The summed E-state index contributed by atoms with van der Waals surface area (Å²) in [5, 5.41) is 4.20. The lowest BCUT2D eigenvalue weighted by molar-refractivity contribution is -0.141. The quantitative estimate of drug-likeness (QED) is 0.310. The summed E-state index contributed by atoms with van der Waals surface area (Å²) < 4.78 is 13.8. The van der Waals surface area contributed by atoms with Gasteiger partial charge in [0.2, 0.25) is 11.8 Å². The first-order chi connectivity index (χ1) is 18.1. The molecule has 0 aliphatic heterocycles. The summed E-state index contributed by atoms with van der Waals surface area (Å²) in [4.78, 5) is 32.7. The van der Waals surface area contributed by atoms with Crippen LogP contribution in [0.3, 0.4) is 0 Å². The molecule has 5 rings (SSSR count). The first-order valence-electron chi connectivity index (χ1n) is 13.0. The van der Waals surface area contributed by atoms with Gasteiger partial charge < -0.3 is 15.2 Å². The van der Waals surface area contributed by atoms with Gasteiger partial charge in [0.15, 0.2) is 0 Å². The molecule has 6 heteroatoms. The standard InChI is InChI=1S/C31H32FN3O2/c32-25-17-15-23(16-18-25)30(31(37)34-26-11-5-2-6-12-26)35(21-22-9-3-1-4-10-22)29(36)19-24-20-33-28-14-8-7-13-27(24)28/h1,3-4,7-10,13-18,20,26,30,33H,2,5-6,11-12,19,21H2,(H,34,37)/t30-/m1/s1. The molecule has 1 saturated carbocycles. The number of carbonyl (C=O) groups is 2. The number of hydrogen-bond acceptors (Lipinski definition) is 2. The van der Waals surface area contributed by atoms with E-state index in [1.165, 1.54) is 18.6 Å². The molecule has 0 bridgehead atoms. The number of aromatic amines is 1.